The number of rotatable bonds is 6. The lowest BCUT2D eigenvalue weighted by atomic mass is 9.79. The first-order chi connectivity index (χ1) is 10.5. The highest BCUT2D eigenvalue weighted by molar-refractivity contribution is 5.30. The van der Waals surface area contributed by atoms with E-state index in [0.717, 1.165) is 12.2 Å². The molecule has 118 valence electrons. The molecule has 1 nitrogen and oxygen atoms in total. The molecule has 1 unspecified atom stereocenters. The fraction of sp³-hybridized carbons (Fsp3) is 0.429. The van der Waals surface area contributed by atoms with Crippen LogP contribution >= 0.6 is 0 Å². The van der Waals surface area contributed by atoms with Crippen LogP contribution in [0.4, 0.5) is 0 Å². The SMILES string of the molecule is COc1ccc(C(CCc2ccccc2)CC(C)(C)C)cc1. The second-order valence-corrected chi connectivity index (χ2v) is 7.26. The molecular formula is C21H28O. The molecule has 1 heteroatoms. The van der Waals surface area contributed by atoms with E-state index in [-0.39, 0.29) is 0 Å². The van der Waals surface area contributed by atoms with Gasteiger partial charge >= 0.3 is 0 Å². The lowest BCUT2D eigenvalue weighted by Gasteiger charge is -2.26. The summed E-state index contributed by atoms with van der Waals surface area (Å²) in [6.07, 6.45) is 3.52. The first kappa shape index (κ1) is 16.6. The Balaban J connectivity index is 2.11. The summed E-state index contributed by atoms with van der Waals surface area (Å²) < 4.78 is 5.28. The topological polar surface area (TPSA) is 9.23 Å². The molecule has 0 N–H and O–H groups in total. The summed E-state index contributed by atoms with van der Waals surface area (Å²) in [6.45, 7) is 6.98. The zero-order valence-electron chi connectivity index (χ0n) is 14.3. The number of hydrogen-bond donors (Lipinski definition) is 0. The maximum Gasteiger partial charge on any atom is 0.118 e. The van der Waals surface area contributed by atoms with E-state index in [9.17, 15) is 0 Å². The van der Waals surface area contributed by atoms with Crippen molar-refractivity contribution in [2.75, 3.05) is 7.11 Å². The second kappa shape index (κ2) is 7.49. The van der Waals surface area contributed by atoms with E-state index in [4.69, 9.17) is 4.74 Å². The molecule has 0 amide bonds. The quantitative estimate of drug-likeness (QED) is 0.650. The van der Waals surface area contributed by atoms with Crippen LogP contribution in [0.15, 0.2) is 54.6 Å². The molecular weight excluding hydrogens is 268 g/mol. The Morgan fingerprint density at radius 3 is 2.09 bits per heavy atom. The van der Waals surface area contributed by atoms with E-state index in [1.165, 1.54) is 24.0 Å². The third kappa shape index (κ3) is 5.22. The molecule has 0 saturated heterocycles. The maximum absolute atomic E-state index is 5.28. The Hall–Kier alpha value is -1.76. The summed E-state index contributed by atoms with van der Waals surface area (Å²) in [5, 5.41) is 0. The van der Waals surface area contributed by atoms with E-state index in [1.54, 1.807) is 7.11 Å². The van der Waals surface area contributed by atoms with Gasteiger partial charge in [0.15, 0.2) is 0 Å². The predicted octanol–water partition coefficient (Wildman–Crippen LogP) is 5.85. The van der Waals surface area contributed by atoms with Crippen LogP contribution in [0.2, 0.25) is 0 Å². The van der Waals surface area contributed by atoms with E-state index < -0.39 is 0 Å². The monoisotopic (exact) mass is 296 g/mol. The van der Waals surface area contributed by atoms with Gasteiger partial charge < -0.3 is 4.74 Å². The van der Waals surface area contributed by atoms with Crippen molar-refractivity contribution in [2.45, 2.75) is 46.0 Å². The van der Waals surface area contributed by atoms with Gasteiger partial charge in [0.1, 0.15) is 5.75 Å². The number of hydrogen-bond acceptors (Lipinski definition) is 1. The number of benzene rings is 2. The minimum Gasteiger partial charge on any atom is -0.497 e. The fourth-order valence-electron chi connectivity index (χ4n) is 2.99. The van der Waals surface area contributed by atoms with Crippen LogP contribution in [0.5, 0.6) is 5.75 Å². The summed E-state index contributed by atoms with van der Waals surface area (Å²) in [5.41, 5.74) is 3.18. The summed E-state index contributed by atoms with van der Waals surface area (Å²) in [5.74, 6) is 1.52. The third-order valence-corrected chi connectivity index (χ3v) is 4.07. The van der Waals surface area contributed by atoms with Crippen molar-refractivity contribution in [1.82, 2.24) is 0 Å². The highest BCUT2D eigenvalue weighted by atomic mass is 16.5. The molecule has 0 bridgehead atoms. The van der Waals surface area contributed by atoms with E-state index >= 15 is 0 Å². The van der Waals surface area contributed by atoms with Gasteiger partial charge in [-0.2, -0.15) is 0 Å². The van der Waals surface area contributed by atoms with Crippen molar-refractivity contribution in [3.63, 3.8) is 0 Å². The van der Waals surface area contributed by atoms with Crippen LogP contribution in [-0.4, -0.2) is 7.11 Å². The first-order valence-electron chi connectivity index (χ1n) is 8.16. The van der Waals surface area contributed by atoms with Crippen LogP contribution in [0.1, 0.15) is 50.7 Å². The zero-order valence-corrected chi connectivity index (χ0v) is 14.3. The third-order valence-electron chi connectivity index (χ3n) is 4.07. The lowest BCUT2D eigenvalue weighted by molar-refractivity contribution is 0.330. The summed E-state index contributed by atoms with van der Waals surface area (Å²) in [7, 11) is 1.72. The van der Waals surface area contributed by atoms with E-state index in [2.05, 4.69) is 75.4 Å². The van der Waals surface area contributed by atoms with Gasteiger partial charge in [0.25, 0.3) is 0 Å². The van der Waals surface area contributed by atoms with Crippen LogP contribution in [-0.2, 0) is 6.42 Å². The summed E-state index contributed by atoms with van der Waals surface area (Å²) in [6, 6.07) is 19.4. The smallest absolute Gasteiger partial charge is 0.118 e. The number of methoxy groups -OCH3 is 1. The van der Waals surface area contributed by atoms with Crippen molar-refractivity contribution in [2.24, 2.45) is 5.41 Å². The molecule has 0 radical (unpaired) electrons. The Kier molecular flexibility index (Phi) is 5.65. The summed E-state index contributed by atoms with van der Waals surface area (Å²) in [4.78, 5) is 0. The zero-order chi connectivity index (χ0) is 16.0. The molecule has 2 aromatic rings. The minimum atomic E-state index is 0.335. The van der Waals surface area contributed by atoms with Crippen molar-refractivity contribution in [1.29, 1.82) is 0 Å². The van der Waals surface area contributed by atoms with Crippen molar-refractivity contribution >= 4 is 0 Å². The normalized spacial score (nSPS) is 12.9. The first-order valence-corrected chi connectivity index (χ1v) is 8.16. The minimum absolute atomic E-state index is 0.335. The van der Waals surface area contributed by atoms with Crippen molar-refractivity contribution in [3.05, 3.63) is 65.7 Å². The lowest BCUT2D eigenvalue weighted by Crippen LogP contribution is -2.13. The molecule has 0 aromatic heterocycles. The van der Waals surface area contributed by atoms with Gasteiger partial charge in [-0.05, 0) is 53.9 Å². The maximum atomic E-state index is 5.28. The molecule has 0 fully saturated rings. The van der Waals surface area contributed by atoms with Gasteiger partial charge in [0, 0.05) is 0 Å². The van der Waals surface area contributed by atoms with Gasteiger partial charge in [-0.15, -0.1) is 0 Å². The molecule has 22 heavy (non-hydrogen) atoms. The van der Waals surface area contributed by atoms with Gasteiger partial charge in [0.05, 0.1) is 7.11 Å². The average Bonchev–Trinajstić information content (AvgIpc) is 2.51. The number of aryl methyl sites for hydroxylation is 1. The Morgan fingerprint density at radius 1 is 0.909 bits per heavy atom. The van der Waals surface area contributed by atoms with Gasteiger partial charge in [-0.25, -0.2) is 0 Å². The van der Waals surface area contributed by atoms with Crippen LogP contribution in [0.3, 0.4) is 0 Å². The van der Waals surface area contributed by atoms with Crippen LogP contribution < -0.4 is 4.74 Å². The molecule has 0 aliphatic rings. The Labute approximate surface area is 135 Å². The molecule has 0 spiro atoms. The molecule has 0 saturated carbocycles. The standard InChI is InChI=1S/C21H28O/c1-21(2,3)16-19(11-10-17-8-6-5-7-9-17)18-12-14-20(22-4)15-13-18/h5-9,12-15,19H,10-11,16H2,1-4H3. The van der Waals surface area contributed by atoms with Crippen LogP contribution in [0.25, 0.3) is 0 Å². The highest BCUT2D eigenvalue weighted by Crippen LogP contribution is 2.35. The number of ether oxygens (including phenoxy) is 1. The molecule has 2 aromatic carbocycles. The Morgan fingerprint density at radius 2 is 1.55 bits per heavy atom. The molecule has 0 heterocycles. The molecule has 1 atom stereocenters. The van der Waals surface area contributed by atoms with Gasteiger partial charge in [-0.3, -0.25) is 0 Å². The molecule has 2 rings (SSSR count). The highest BCUT2D eigenvalue weighted by Gasteiger charge is 2.20. The van der Waals surface area contributed by atoms with Crippen LogP contribution in [0, 0.1) is 5.41 Å². The van der Waals surface area contributed by atoms with Gasteiger partial charge in [0.2, 0.25) is 0 Å². The Bertz CT molecular complexity index is 549. The molecule has 0 aliphatic heterocycles. The fourth-order valence-corrected chi connectivity index (χ4v) is 2.99. The summed E-state index contributed by atoms with van der Waals surface area (Å²) >= 11 is 0. The van der Waals surface area contributed by atoms with Crippen molar-refractivity contribution < 1.29 is 4.74 Å². The van der Waals surface area contributed by atoms with E-state index in [0.29, 0.717) is 11.3 Å². The average molecular weight is 296 g/mol. The van der Waals surface area contributed by atoms with Gasteiger partial charge in [-0.1, -0.05) is 63.2 Å². The van der Waals surface area contributed by atoms with Crippen molar-refractivity contribution in [3.8, 4) is 5.75 Å². The predicted molar refractivity (Wildman–Crippen MR) is 94.6 cm³/mol. The van der Waals surface area contributed by atoms with E-state index in [1.807, 2.05) is 0 Å². The molecule has 0 aliphatic carbocycles. The largest absolute Gasteiger partial charge is 0.497 e. The second-order valence-electron chi connectivity index (χ2n) is 7.26.